The van der Waals surface area contributed by atoms with E-state index in [1.165, 1.54) is 45.3 Å². The molecule has 2 heterocycles. The summed E-state index contributed by atoms with van der Waals surface area (Å²) in [5, 5.41) is 0. The zero-order valence-corrected chi connectivity index (χ0v) is 13.1. The van der Waals surface area contributed by atoms with Crippen molar-refractivity contribution in [2.24, 2.45) is 5.92 Å². The Labute approximate surface area is 123 Å². The molecule has 0 aromatic carbocycles. The van der Waals surface area contributed by atoms with Crippen LogP contribution < -0.4 is 0 Å². The van der Waals surface area contributed by atoms with Crippen molar-refractivity contribution in [3.05, 3.63) is 0 Å². The van der Waals surface area contributed by atoms with E-state index < -0.39 is 0 Å². The summed E-state index contributed by atoms with van der Waals surface area (Å²) in [5.41, 5.74) is 0. The summed E-state index contributed by atoms with van der Waals surface area (Å²) in [7, 11) is 0. The smallest absolute Gasteiger partial charge is 0.323 e. The molecular formula is C16H30N2O2. The third-order valence-corrected chi connectivity index (χ3v) is 4.75. The molecule has 0 radical (unpaired) electrons. The molecule has 1 atom stereocenters. The molecule has 2 fully saturated rings. The van der Waals surface area contributed by atoms with Crippen LogP contribution in [0, 0.1) is 5.92 Å². The van der Waals surface area contributed by atoms with E-state index in [1.807, 2.05) is 6.92 Å². The second-order valence-corrected chi connectivity index (χ2v) is 6.16. The van der Waals surface area contributed by atoms with Crippen LogP contribution in [0.25, 0.3) is 0 Å². The van der Waals surface area contributed by atoms with Gasteiger partial charge in [-0.05, 0) is 71.1 Å². The fourth-order valence-electron chi connectivity index (χ4n) is 3.59. The van der Waals surface area contributed by atoms with Crippen LogP contribution >= 0.6 is 0 Å². The van der Waals surface area contributed by atoms with Crippen molar-refractivity contribution < 1.29 is 9.53 Å². The number of piperidine rings is 1. The predicted molar refractivity (Wildman–Crippen MR) is 80.7 cm³/mol. The van der Waals surface area contributed by atoms with Crippen LogP contribution in [0.3, 0.4) is 0 Å². The maximum absolute atomic E-state index is 12.0. The van der Waals surface area contributed by atoms with E-state index in [9.17, 15) is 4.79 Å². The van der Waals surface area contributed by atoms with Gasteiger partial charge in [-0.2, -0.15) is 0 Å². The van der Waals surface area contributed by atoms with Crippen LogP contribution in [0.15, 0.2) is 0 Å². The van der Waals surface area contributed by atoms with Gasteiger partial charge >= 0.3 is 5.97 Å². The monoisotopic (exact) mass is 282 g/mol. The molecule has 0 amide bonds. The molecule has 116 valence electrons. The van der Waals surface area contributed by atoms with Crippen LogP contribution in [-0.4, -0.2) is 61.1 Å². The van der Waals surface area contributed by atoms with E-state index in [2.05, 4.69) is 16.7 Å². The Morgan fingerprint density at radius 3 is 2.35 bits per heavy atom. The van der Waals surface area contributed by atoms with E-state index >= 15 is 0 Å². The number of hydrogen-bond acceptors (Lipinski definition) is 4. The Kier molecular flexibility index (Phi) is 6.30. The van der Waals surface area contributed by atoms with Crippen molar-refractivity contribution in [1.82, 2.24) is 9.80 Å². The van der Waals surface area contributed by atoms with Gasteiger partial charge in [0.1, 0.15) is 6.04 Å². The highest BCUT2D eigenvalue weighted by atomic mass is 16.5. The van der Waals surface area contributed by atoms with Gasteiger partial charge in [0.2, 0.25) is 0 Å². The molecule has 0 saturated carbocycles. The van der Waals surface area contributed by atoms with Crippen molar-refractivity contribution in [1.29, 1.82) is 0 Å². The quantitative estimate of drug-likeness (QED) is 0.699. The minimum atomic E-state index is -0.0343. The average Bonchev–Trinajstić information content (AvgIpc) is 2.95. The highest BCUT2D eigenvalue weighted by molar-refractivity contribution is 5.75. The van der Waals surface area contributed by atoms with Gasteiger partial charge in [-0.25, -0.2) is 0 Å². The average molecular weight is 282 g/mol. The van der Waals surface area contributed by atoms with Crippen LogP contribution in [0.5, 0.6) is 0 Å². The van der Waals surface area contributed by atoms with Crippen molar-refractivity contribution >= 4 is 5.97 Å². The molecule has 20 heavy (non-hydrogen) atoms. The van der Waals surface area contributed by atoms with Crippen LogP contribution in [-0.2, 0) is 9.53 Å². The maximum Gasteiger partial charge on any atom is 0.323 e. The number of ether oxygens (including phenoxy) is 1. The third kappa shape index (κ3) is 4.19. The Hall–Kier alpha value is -0.610. The van der Waals surface area contributed by atoms with Gasteiger partial charge in [0, 0.05) is 6.54 Å². The van der Waals surface area contributed by atoms with Gasteiger partial charge in [0.25, 0.3) is 0 Å². The van der Waals surface area contributed by atoms with Crippen molar-refractivity contribution in [2.75, 3.05) is 39.3 Å². The minimum Gasteiger partial charge on any atom is -0.465 e. The zero-order valence-electron chi connectivity index (χ0n) is 13.1. The topological polar surface area (TPSA) is 32.8 Å². The first-order valence-corrected chi connectivity index (χ1v) is 8.37. The summed E-state index contributed by atoms with van der Waals surface area (Å²) in [6.45, 7) is 10.4. The van der Waals surface area contributed by atoms with Gasteiger partial charge in [0.15, 0.2) is 0 Å². The lowest BCUT2D eigenvalue weighted by atomic mass is 9.94. The molecule has 2 rings (SSSR count). The van der Waals surface area contributed by atoms with E-state index in [0.717, 1.165) is 25.4 Å². The second-order valence-electron chi connectivity index (χ2n) is 6.16. The third-order valence-electron chi connectivity index (χ3n) is 4.75. The molecule has 0 aromatic rings. The summed E-state index contributed by atoms with van der Waals surface area (Å²) in [5.74, 6) is 0.789. The number of likely N-dealkylation sites (tertiary alicyclic amines) is 2. The number of nitrogens with zero attached hydrogens (tertiary/aromatic N) is 2. The maximum atomic E-state index is 12.0. The van der Waals surface area contributed by atoms with Crippen molar-refractivity contribution in [2.45, 2.75) is 52.0 Å². The Bertz CT molecular complexity index is 295. The Morgan fingerprint density at radius 2 is 1.80 bits per heavy atom. The van der Waals surface area contributed by atoms with Crippen LogP contribution in [0.2, 0.25) is 0 Å². The summed E-state index contributed by atoms with van der Waals surface area (Å²) in [6.07, 6.45) is 6.06. The van der Waals surface area contributed by atoms with E-state index in [0.29, 0.717) is 6.61 Å². The molecule has 0 aliphatic carbocycles. The fourth-order valence-corrected chi connectivity index (χ4v) is 3.59. The first-order chi connectivity index (χ1) is 9.74. The molecule has 0 aromatic heterocycles. The molecule has 4 nitrogen and oxygen atoms in total. The number of rotatable bonds is 6. The molecule has 2 saturated heterocycles. The van der Waals surface area contributed by atoms with Gasteiger partial charge < -0.3 is 9.64 Å². The van der Waals surface area contributed by atoms with Crippen molar-refractivity contribution in [3.63, 3.8) is 0 Å². The SMILES string of the molecule is CCOC(=O)C(CC)N1CCC(CN2CCCC2)CC1. The minimum absolute atomic E-state index is 0.0253. The van der Waals surface area contributed by atoms with Gasteiger partial charge in [-0.15, -0.1) is 0 Å². The number of hydrogen-bond donors (Lipinski definition) is 0. The number of carbonyl (C=O) groups is 1. The largest absolute Gasteiger partial charge is 0.465 e. The molecule has 2 aliphatic heterocycles. The molecular weight excluding hydrogens is 252 g/mol. The summed E-state index contributed by atoms with van der Waals surface area (Å²) in [6, 6.07) is -0.0253. The van der Waals surface area contributed by atoms with E-state index in [-0.39, 0.29) is 12.0 Å². The van der Waals surface area contributed by atoms with Crippen molar-refractivity contribution in [3.8, 4) is 0 Å². The zero-order chi connectivity index (χ0) is 14.4. The van der Waals surface area contributed by atoms with E-state index in [4.69, 9.17) is 4.74 Å². The summed E-state index contributed by atoms with van der Waals surface area (Å²) < 4.78 is 5.19. The molecule has 0 N–H and O–H groups in total. The van der Waals surface area contributed by atoms with E-state index in [1.54, 1.807) is 0 Å². The Balaban J connectivity index is 1.75. The normalized spacial score (nSPS) is 23.9. The molecule has 1 unspecified atom stereocenters. The Morgan fingerprint density at radius 1 is 1.15 bits per heavy atom. The summed E-state index contributed by atoms with van der Waals surface area (Å²) in [4.78, 5) is 16.9. The van der Waals surface area contributed by atoms with Crippen LogP contribution in [0.1, 0.15) is 46.0 Å². The number of esters is 1. The fraction of sp³-hybridized carbons (Fsp3) is 0.938. The lowest BCUT2D eigenvalue weighted by Gasteiger charge is -2.37. The first kappa shape index (κ1) is 15.8. The highest BCUT2D eigenvalue weighted by Gasteiger charge is 2.30. The highest BCUT2D eigenvalue weighted by Crippen LogP contribution is 2.23. The second kappa shape index (κ2) is 7.99. The van der Waals surface area contributed by atoms with Gasteiger partial charge in [0.05, 0.1) is 6.61 Å². The summed E-state index contributed by atoms with van der Waals surface area (Å²) >= 11 is 0. The van der Waals surface area contributed by atoms with Gasteiger partial charge in [-0.3, -0.25) is 9.69 Å². The lowest BCUT2D eigenvalue weighted by molar-refractivity contribution is -0.150. The molecule has 0 bridgehead atoms. The lowest BCUT2D eigenvalue weighted by Crippen LogP contribution is -2.47. The van der Waals surface area contributed by atoms with Gasteiger partial charge in [-0.1, -0.05) is 6.92 Å². The molecule has 2 aliphatic rings. The first-order valence-electron chi connectivity index (χ1n) is 8.37. The standard InChI is InChI=1S/C16H30N2O2/c1-3-15(16(19)20-4-2)18-11-7-14(8-12-18)13-17-9-5-6-10-17/h14-15H,3-13H2,1-2H3. The molecule has 0 spiro atoms. The predicted octanol–water partition coefficient (Wildman–Crippen LogP) is 2.14. The van der Waals surface area contributed by atoms with Crippen LogP contribution in [0.4, 0.5) is 0 Å². The molecule has 4 heteroatoms. The number of carbonyl (C=O) groups excluding carboxylic acids is 1.